The number of carbonyl (C=O) groups excluding carboxylic acids is 1. The molecule has 0 saturated carbocycles. The number of hydrogen-bond donors (Lipinski definition) is 1. The number of halogens is 1. The summed E-state index contributed by atoms with van der Waals surface area (Å²) in [4.78, 5) is 11.8. The third-order valence-electron chi connectivity index (χ3n) is 2.66. The van der Waals surface area contributed by atoms with Crippen molar-refractivity contribution in [1.29, 1.82) is 0 Å². The lowest BCUT2D eigenvalue weighted by molar-refractivity contribution is -0.641. The van der Waals surface area contributed by atoms with Crippen molar-refractivity contribution >= 4 is 5.91 Å². The Bertz CT molecular complexity index is 552. The zero-order valence-corrected chi connectivity index (χ0v) is 10.1. The van der Waals surface area contributed by atoms with E-state index in [1.807, 2.05) is 12.1 Å². The molecule has 0 spiro atoms. The molecule has 1 amide bonds. The van der Waals surface area contributed by atoms with Crippen LogP contribution in [0.5, 0.6) is 0 Å². The van der Waals surface area contributed by atoms with E-state index >= 15 is 0 Å². The second kappa shape index (κ2) is 5.40. The van der Waals surface area contributed by atoms with Crippen LogP contribution in [0, 0.1) is 5.82 Å². The highest BCUT2D eigenvalue weighted by atomic mass is 19.1. The van der Waals surface area contributed by atoms with E-state index in [1.54, 1.807) is 24.5 Å². The van der Waals surface area contributed by atoms with Gasteiger partial charge in [-0.05, 0) is 24.1 Å². The smallest absolute Gasteiger partial charge is 0.263 e. The summed E-state index contributed by atoms with van der Waals surface area (Å²) in [5.74, 6) is -0.997. The molecule has 3 nitrogen and oxygen atoms in total. The van der Waals surface area contributed by atoms with Crippen molar-refractivity contribution in [3.8, 4) is 0 Å². The normalized spacial score (nSPS) is 10.1. The van der Waals surface area contributed by atoms with Gasteiger partial charge in [-0.3, -0.25) is 4.79 Å². The van der Waals surface area contributed by atoms with Crippen molar-refractivity contribution in [1.82, 2.24) is 0 Å². The molecule has 1 heterocycles. The van der Waals surface area contributed by atoms with Crippen LogP contribution in [0.25, 0.3) is 0 Å². The summed E-state index contributed by atoms with van der Waals surface area (Å²) >= 11 is 0. The van der Waals surface area contributed by atoms with Gasteiger partial charge in [0.25, 0.3) is 0 Å². The molecule has 0 aliphatic heterocycles. The standard InChI is InChI=1S/C14H13FN2O/c1-2-11-7-9-17(10-8-11)16-14(18)12-5-3-4-6-13(12)15/h3-10H,2H2,1H3/p+1. The molecular weight excluding hydrogens is 231 g/mol. The zero-order chi connectivity index (χ0) is 13.0. The molecule has 0 aliphatic rings. The minimum Gasteiger partial charge on any atom is -0.263 e. The van der Waals surface area contributed by atoms with Crippen LogP contribution in [-0.2, 0) is 6.42 Å². The van der Waals surface area contributed by atoms with Gasteiger partial charge in [0.05, 0.1) is 5.56 Å². The van der Waals surface area contributed by atoms with Gasteiger partial charge in [0.15, 0.2) is 12.4 Å². The second-order valence-corrected chi connectivity index (χ2v) is 3.89. The van der Waals surface area contributed by atoms with Crippen LogP contribution in [0.15, 0.2) is 48.8 Å². The van der Waals surface area contributed by atoms with Crippen molar-refractivity contribution in [3.05, 3.63) is 65.7 Å². The number of aromatic nitrogens is 1. The van der Waals surface area contributed by atoms with Crippen molar-refractivity contribution in [3.63, 3.8) is 0 Å². The molecule has 0 unspecified atom stereocenters. The maximum atomic E-state index is 13.4. The number of rotatable bonds is 3. The lowest BCUT2D eigenvalue weighted by Gasteiger charge is -2.01. The molecule has 0 radical (unpaired) electrons. The molecule has 0 aliphatic carbocycles. The summed E-state index contributed by atoms with van der Waals surface area (Å²) in [6.45, 7) is 2.05. The Labute approximate surface area is 105 Å². The van der Waals surface area contributed by atoms with Crippen LogP contribution in [0.1, 0.15) is 22.8 Å². The summed E-state index contributed by atoms with van der Waals surface area (Å²) < 4.78 is 14.9. The van der Waals surface area contributed by atoms with Gasteiger partial charge in [-0.15, -0.1) is 5.43 Å². The fraction of sp³-hybridized carbons (Fsp3) is 0.143. The third kappa shape index (κ3) is 2.71. The van der Waals surface area contributed by atoms with Crippen LogP contribution in [0.4, 0.5) is 4.39 Å². The number of benzene rings is 1. The van der Waals surface area contributed by atoms with Crippen LogP contribution >= 0.6 is 0 Å². The lowest BCUT2D eigenvalue weighted by atomic mass is 10.2. The SMILES string of the molecule is CCc1cc[n+](NC(=O)c2ccccc2F)cc1. The average Bonchev–Trinajstić information content (AvgIpc) is 2.40. The minimum atomic E-state index is -0.527. The van der Waals surface area contributed by atoms with Gasteiger partial charge in [-0.2, -0.15) is 0 Å². The monoisotopic (exact) mass is 245 g/mol. The summed E-state index contributed by atoms with van der Waals surface area (Å²) in [6, 6.07) is 9.70. The Morgan fingerprint density at radius 3 is 2.50 bits per heavy atom. The van der Waals surface area contributed by atoms with Gasteiger partial charge in [0.2, 0.25) is 0 Å². The van der Waals surface area contributed by atoms with Gasteiger partial charge in [0, 0.05) is 12.1 Å². The number of carbonyl (C=O) groups is 1. The van der Waals surface area contributed by atoms with Crippen molar-refractivity contribution in [2.24, 2.45) is 0 Å². The summed E-state index contributed by atoms with van der Waals surface area (Å²) in [7, 11) is 0. The van der Waals surface area contributed by atoms with E-state index in [4.69, 9.17) is 0 Å². The molecule has 92 valence electrons. The fourth-order valence-corrected chi connectivity index (χ4v) is 1.59. The molecule has 2 rings (SSSR count). The quantitative estimate of drug-likeness (QED) is 0.825. The lowest BCUT2D eigenvalue weighted by Crippen LogP contribution is -2.47. The number of nitrogens with zero attached hydrogens (tertiary/aromatic N) is 1. The maximum Gasteiger partial charge on any atom is 0.308 e. The predicted molar refractivity (Wildman–Crippen MR) is 66.1 cm³/mol. The van der Waals surface area contributed by atoms with Gasteiger partial charge in [-0.25, -0.2) is 4.39 Å². The van der Waals surface area contributed by atoms with Crippen molar-refractivity contribution < 1.29 is 13.9 Å². The van der Waals surface area contributed by atoms with Gasteiger partial charge in [0.1, 0.15) is 5.82 Å². The average molecular weight is 245 g/mol. The first-order valence-electron chi connectivity index (χ1n) is 5.77. The molecule has 18 heavy (non-hydrogen) atoms. The summed E-state index contributed by atoms with van der Waals surface area (Å²) in [5, 5.41) is 0. The number of hydrogen-bond acceptors (Lipinski definition) is 1. The molecule has 1 N–H and O–H groups in total. The maximum absolute atomic E-state index is 13.4. The minimum absolute atomic E-state index is 0.0320. The zero-order valence-electron chi connectivity index (χ0n) is 10.1. The Balaban J connectivity index is 2.14. The van der Waals surface area contributed by atoms with Crippen molar-refractivity contribution in [2.75, 3.05) is 5.43 Å². The molecule has 0 fully saturated rings. The van der Waals surface area contributed by atoms with Crippen LogP contribution in [0.3, 0.4) is 0 Å². The van der Waals surface area contributed by atoms with E-state index in [0.29, 0.717) is 0 Å². The molecule has 1 aromatic heterocycles. The largest absolute Gasteiger partial charge is 0.308 e. The fourth-order valence-electron chi connectivity index (χ4n) is 1.59. The first-order valence-corrected chi connectivity index (χ1v) is 5.77. The Morgan fingerprint density at radius 2 is 1.89 bits per heavy atom. The Hall–Kier alpha value is -2.23. The molecular formula is C14H14FN2O+. The highest BCUT2D eigenvalue weighted by Gasteiger charge is 2.14. The van der Waals surface area contributed by atoms with Crippen molar-refractivity contribution in [2.45, 2.75) is 13.3 Å². The van der Waals surface area contributed by atoms with Gasteiger partial charge in [-0.1, -0.05) is 23.7 Å². The molecule has 0 bridgehead atoms. The van der Waals surface area contributed by atoms with E-state index in [2.05, 4.69) is 12.3 Å². The van der Waals surface area contributed by atoms with E-state index in [-0.39, 0.29) is 5.56 Å². The molecule has 0 saturated heterocycles. The highest BCUT2D eigenvalue weighted by Crippen LogP contribution is 2.05. The summed E-state index contributed by atoms with van der Waals surface area (Å²) in [5.41, 5.74) is 3.79. The molecule has 4 heteroatoms. The van der Waals surface area contributed by atoms with E-state index in [9.17, 15) is 9.18 Å². The first-order chi connectivity index (χ1) is 8.70. The topological polar surface area (TPSA) is 33.0 Å². The number of nitrogens with one attached hydrogen (secondary N) is 1. The number of pyridine rings is 1. The Morgan fingerprint density at radius 1 is 1.22 bits per heavy atom. The predicted octanol–water partition coefficient (Wildman–Crippen LogP) is 2.06. The summed E-state index contributed by atoms with van der Waals surface area (Å²) in [6.07, 6.45) is 4.40. The molecule has 1 aromatic carbocycles. The van der Waals surface area contributed by atoms with E-state index < -0.39 is 11.7 Å². The van der Waals surface area contributed by atoms with Crippen LogP contribution in [-0.4, -0.2) is 5.91 Å². The first kappa shape index (κ1) is 12.2. The number of amides is 1. The highest BCUT2D eigenvalue weighted by molar-refractivity contribution is 5.98. The third-order valence-corrected chi connectivity index (χ3v) is 2.66. The number of aryl methyl sites for hydroxylation is 1. The molecule has 2 aromatic rings. The molecule has 0 atom stereocenters. The second-order valence-electron chi connectivity index (χ2n) is 3.89. The van der Waals surface area contributed by atoms with Gasteiger partial charge >= 0.3 is 5.91 Å². The van der Waals surface area contributed by atoms with Crippen LogP contribution in [0.2, 0.25) is 0 Å². The van der Waals surface area contributed by atoms with Crippen LogP contribution < -0.4 is 10.1 Å². The van der Waals surface area contributed by atoms with E-state index in [0.717, 1.165) is 6.42 Å². The van der Waals surface area contributed by atoms with Gasteiger partial charge < -0.3 is 0 Å². The Kier molecular flexibility index (Phi) is 3.67. The van der Waals surface area contributed by atoms with E-state index in [1.165, 1.54) is 22.4 Å².